The molecule has 19 heavy (non-hydrogen) atoms. The molecule has 0 fully saturated rings. The summed E-state index contributed by atoms with van der Waals surface area (Å²) in [5.74, 6) is 0.298. The van der Waals surface area contributed by atoms with Crippen molar-refractivity contribution in [2.45, 2.75) is 25.3 Å². The third-order valence-electron chi connectivity index (χ3n) is 3.53. The Morgan fingerprint density at radius 3 is 2.84 bits per heavy atom. The number of nitrogens with one attached hydrogen (secondary N) is 2. The molecule has 1 unspecified atom stereocenters. The number of hydrogen-bond donors (Lipinski definition) is 3. The normalized spacial score (nSPS) is 22.6. The van der Waals surface area contributed by atoms with Gasteiger partial charge in [-0.05, 0) is 31.1 Å². The fraction of sp³-hybridized carbons (Fsp3) is 0.286. The van der Waals surface area contributed by atoms with Crippen LogP contribution in [0.1, 0.15) is 30.9 Å². The molecular weight excluding hydrogens is 260 g/mol. The van der Waals surface area contributed by atoms with Gasteiger partial charge in [-0.3, -0.25) is 4.79 Å². The van der Waals surface area contributed by atoms with Gasteiger partial charge in [0.05, 0.1) is 6.04 Å². The van der Waals surface area contributed by atoms with E-state index in [4.69, 9.17) is 12.2 Å². The molecule has 4 nitrogen and oxygen atoms in total. The Labute approximate surface area is 116 Å². The number of Topliss-reactive ketones (excluding diaryl/α,β-unsaturated/α-hetero) is 1. The first-order chi connectivity index (χ1) is 9.16. The number of rotatable bonds is 1. The van der Waals surface area contributed by atoms with Crippen LogP contribution in [-0.2, 0) is 4.79 Å². The van der Waals surface area contributed by atoms with E-state index >= 15 is 0 Å². The molecule has 1 aromatic rings. The van der Waals surface area contributed by atoms with Crippen molar-refractivity contribution in [3.8, 4) is 5.75 Å². The molecular formula is C14H14N2O2S. The molecule has 3 rings (SSSR count). The van der Waals surface area contributed by atoms with Gasteiger partial charge in [-0.15, -0.1) is 0 Å². The summed E-state index contributed by atoms with van der Waals surface area (Å²) >= 11 is 5.18. The number of para-hydroxylation sites is 1. The fourth-order valence-corrected chi connectivity index (χ4v) is 2.91. The smallest absolute Gasteiger partial charge is 0.171 e. The Morgan fingerprint density at radius 2 is 2.05 bits per heavy atom. The first-order valence-corrected chi connectivity index (χ1v) is 6.69. The first-order valence-electron chi connectivity index (χ1n) is 6.28. The van der Waals surface area contributed by atoms with Crippen LogP contribution in [-0.4, -0.2) is 16.0 Å². The van der Waals surface area contributed by atoms with E-state index in [-0.39, 0.29) is 17.6 Å². The highest BCUT2D eigenvalue weighted by Gasteiger charge is 2.34. The van der Waals surface area contributed by atoms with Crippen LogP contribution < -0.4 is 10.6 Å². The van der Waals surface area contributed by atoms with Gasteiger partial charge in [0.25, 0.3) is 0 Å². The summed E-state index contributed by atoms with van der Waals surface area (Å²) < 4.78 is 0. The second kappa shape index (κ2) is 4.66. The maximum atomic E-state index is 12.2. The molecule has 3 N–H and O–H groups in total. The minimum absolute atomic E-state index is 0.122. The molecule has 1 aliphatic heterocycles. The first kappa shape index (κ1) is 12.2. The highest BCUT2D eigenvalue weighted by atomic mass is 32.1. The minimum Gasteiger partial charge on any atom is -0.508 e. The summed E-state index contributed by atoms with van der Waals surface area (Å²) in [4.78, 5) is 12.2. The zero-order valence-corrected chi connectivity index (χ0v) is 11.1. The van der Waals surface area contributed by atoms with E-state index in [1.807, 2.05) is 12.1 Å². The number of allylic oxidation sites excluding steroid dienone is 1. The van der Waals surface area contributed by atoms with Crippen molar-refractivity contribution in [3.63, 3.8) is 0 Å². The number of carbonyl (C=O) groups is 1. The van der Waals surface area contributed by atoms with E-state index < -0.39 is 0 Å². The van der Waals surface area contributed by atoms with Crippen LogP contribution in [0.3, 0.4) is 0 Å². The van der Waals surface area contributed by atoms with E-state index in [1.54, 1.807) is 12.1 Å². The third-order valence-corrected chi connectivity index (χ3v) is 3.75. The monoisotopic (exact) mass is 274 g/mol. The Hall–Kier alpha value is -1.88. The molecule has 0 saturated heterocycles. The topological polar surface area (TPSA) is 61.4 Å². The average Bonchev–Trinajstić information content (AvgIpc) is 2.38. The Balaban J connectivity index is 2.11. The van der Waals surface area contributed by atoms with Crippen molar-refractivity contribution in [2.24, 2.45) is 0 Å². The van der Waals surface area contributed by atoms with Gasteiger partial charge in [-0.25, -0.2) is 0 Å². The highest BCUT2D eigenvalue weighted by molar-refractivity contribution is 7.80. The molecule has 0 amide bonds. The van der Waals surface area contributed by atoms with Gasteiger partial charge >= 0.3 is 0 Å². The van der Waals surface area contributed by atoms with E-state index in [9.17, 15) is 9.90 Å². The molecule has 1 aromatic carbocycles. The number of carbonyl (C=O) groups excluding carboxylic acids is 1. The summed E-state index contributed by atoms with van der Waals surface area (Å²) in [5.41, 5.74) is 2.30. The predicted molar refractivity (Wildman–Crippen MR) is 75.6 cm³/mol. The SMILES string of the molecule is O=C1CCCC2=C1C(c1ccccc1O)NC(=S)N2. The standard InChI is InChI=1S/C14H14N2O2S/c17-10-6-2-1-4-8(10)13-12-9(15-14(19)16-13)5-3-7-11(12)18/h1-2,4,6,13,17H,3,5,7H2,(H2,15,16,19). The molecule has 5 heteroatoms. The molecule has 1 atom stereocenters. The molecule has 98 valence electrons. The van der Waals surface area contributed by atoms with Crippen molar-refractivity contribution < 1.29 is 9.90 Å². The second-order valence-corrected chi connectivity index (χ2v) is 5.17. The van der Waals surface area contributed by atoms with Gasteiger partial charge < -0.3 is 15.7 Å². The van der Waals surface area contributed by atoms with Crippen LogP contribution in [0.25, 0.3) is 0 Å². The van der Waals surface area contributed by atoms with Crippen molar-refractivity contribution >= 4 is 23.1 Å². The summed E-state index contributed by atoms with van der Waals surface area (Å²) in [5, 5.41) is 16.6. The van der Waals surface area contributed by atoms with E-state index in [0.717, 1.165) is 18.5 Å². The fourth-order valence-electron chi connectivity index (χ4n) is 2.67. The van der Waals surface area contributed by atoms with Crippen LogP contribution in [0.5, 0.6) is 5.75 Å². The van der Waals surface area contributed by atoms with Gasteiger partial charge in [0.1, 0.15) is 5.75 Å². The molecule has 1 heterocycles. The molecule has 1 aliphatic carbocycles. The lowest BCUT2D eigenvalue weighted by Crippen LogP contribution is -2.46. The van der Waals surface area contributed by atoms with Crippen molar-refractivity contribution in [2.75, 3.05) is 0 Å². The lowest BCUT2D eigenvalue weighted by Gasteiger charge is -2.34. The molecule has 0 bridgehead atoms. The van der Waals surface area contributed by atoms with Gasteiger partial charge in [-0.2, -0.15) is 0 Å². The zero-order valence-electron chi connectivity index (χ0n) is 10.3. The third kappa shape index (κ3) is 2.10. The number of thiocarbonyl (C=S) groups is 1. The number of benzene rings is 1. The van der Waals surface area contributed by atoms with E-state index in [0.29, 0.717) is 22.7 Å². The second-order valence-electron chi connectivity index (χ2n) is 4.76. The van der Waals surface area contributed by atoms with Crippen LogP contribution in [0.2, 0.25) is 0 Å². The number of phenolic OH excluding ortho intramolecular Hbond substituents is 1. The average molecular weight is 274 g/mol. The Morgan fingerprint density at radius 1 is 1.26 bits per heavy atom. The van der Waals surface area contributed by atoms with Crippen LogP contribution in [0.15, 0.2) is 35.5 Å². The van der Waals surface area contributed by atoms with Gasteiger partial charge in [0, 0.05) is 23.3 Å². The maximum Gasteiger partial charge on any atom is 0.171 e. The zero-order chi connectivity index (χ0) is 13.4. The van der Waals surface area contributed by atoms with Crippen molar-refractivity contribution in [1.29, 1.82) is 0 Å². The molecule has 0 spiro atoms. The molecule has 2 aliphatic rings. The minimum atomic E-state index is -0.349. The van der Waals surface area contributed by atoms with Crippen molar-refractivity contribution in [1.82, 2.24) is 10.6 Å². The Kier molecular flexibility index (Phi) is 2.98. The number of aromatic hydroxyl groups is 1. The molecule has 0 saturated carbocycles. The van der Waals surface area contributed by atoms with Crippen LogP contribution in [0.4, 0.5) is 0 Å². The number of phenols is 1. The van der Waals surface area contributed by atoms with Gasteiger partial charge in [-0.1, -0.05) is 18.2 Å². The largest absolute Gasteiger partial charge is 0.508 e. The number of ketones is 1. The van der Waals surface area contributed by atoms with Gasteiger partial charge in [0.15, 0.2) is 10.9 Å². The maximum absolute atomic E-state index is 12.2. The summed E-state index contributed by atoms with van der Waals surface area (Å²) in [6.45, 7) is 0. The van der Waals surface area contributed by atoms with E-state index in [2.05, 4.69) is 10.6 Å². The summed E-state index contributed by atoms with van der Waals surface area (Å²) in [6, 6.07) is 6.69. The van der Waals surface area contributed by atoms with Gasteiger partial charge in [0.2, 0.25) is 0 Å². The van der Waals surface area contributed by atoms with E-state index in [1.165, 1.54) is 0 Å². The summed E-state index contributed by atoms with van der Waals surface area (Å²) in [6.07, 6.45) is 2.23. The van der Waals surface area contributed by atoms with Crippen LogP contribution in [0, 0.1) is 0 Å². The van der Waals surface area contributed by atoms with Crippen LogP contribution >= 0.6 is 12.2 Å². The Bertz CT molecular complexity index is 595. The number of hydrogen-bond acceptors (Lipinski definition) is 3. The molecule has 0 aromatic heterocycles. The highest BCUT2D eigenvalue weighted by Crippen LogP contribution is 2.36. The van der Waals surface area contributed by atoms with Crippen molar-refractivity contribution in [3.05, 3.63) is 41.1 Å². The predicted octanol–water partition coefficient (Wildman–Crippen LogP) is 1.92. The summed E-state index contributed by atoms with van der Waals surface area (Å²) in [7, 11) is 0. The lowest BCUT2D eigenvalue weighted by molar-refractivity contribution is -0.116. The quantitative estimate of drug-likeness (QED) is 0.683. The lowest BCUT2D eigenvalue weighted by atomic mass is 9.85. The molecule has 0 radical (unpaired) electrons.